The summed E-state index contributed by atoms with van der Waals surface area (Å²) in [6.07, 6.45) is 2.30. The van der Waals surface area contributed by atoms with Gasteiger partial charge in [0.05, 0.1) is 0 Å². The molecule has 0 aliphatic rings. The third kappa shape index (κ3) is 5.03. The van der Waals surface area contributed by atoms with E-state index in [2.05, 4.69) is 30.8 Å². The van der Waals surface area contributed by atoms with Crippen molar-refractivity contribution in [3.05, 3.63) is 65.1 Å². The molecule has 7 nitrogen and oxygen atoms in total. The van der Waals surface area contributed by atoms with E-state index in [1.165, 1.54) is 0 Å². The minimum Gasteiger partial charge on any atom is -0.356 e. The third-order valence-corrected chi connectivity index (χ3v) is 3.84. The van der Waals surface area contributed by atoms with E-state index in [1.807, 2.05) is 42.5 Å². The zero-order valence-corrected chi connectivity index (χ0v) is 15.1. The van der Waals surface area contributed by atoms with Crippen molar-refractivity contribution in [3.8, 4) is 11.6 Å². The van der Waals surface area contributed by atoms with Crippen LogP contribution in [0.4, 0.5) is 0 Å². The first-order chi connectivity index (χ1) is 12.7. The first-order valence-electron chi connectivity index (χ1n) is 8.17. The average molecular weight is 371 g/mol. The van der Waals surface area contributed by atoms with E-state index < -0.39 is 0 Å². The summed E-state index contributed by atoms with van der Waals surface area (Å²) in [5.41, 5.74) is 1.79. The predicted octanol–water partition coefficient (Wildman–Crippen LogP) is 2.69. The Morgan fingerprint density at radius 3 is 2.73 bits per heavy atom. The zero-order valence-electron chi connectivity index (χ0n) is 14.3. The SMILES string of the molecule is CN=C(NCCc1noc(-c2ccccn2)n1)NCc1ccc(Cl)cc1. The Bertz CT molecular complexity index is 848. The number of benzene rings is 1. The molecule has 0 radical (unpaired) electrons. The van der Waals surface area contributed by atoms with Crippen LogP contribution in [0, 0.1) is 0 Å². The highest BCUT2D eigenvalue weighted by molar-refractivity contribution is 6.30. The van der Waals surface area contributed by atoms with Crippen molar-refractivity contribution in [2.75, 3.05) is 13.6 Å². The molecule has 134 valence electrons. The minimum atomic E-state index is 0.422. The highest BCUT2D eigenvalue weighted by atomic mass is 35.5. The van der Waals surface area contributed by atoms with Crippen LogP contribution in [0.1, 0.15) is 11.4 Å². The van der Waals surface area contributed by atoms with E-state index in [0.29, 0.717) is 42.9 Å². The van der Waals surface area contributed by atoms with Gasteiger partial charge in [-0.2, -0.15) is 4.98 Å². The van der Waals surface area contributed by atoms with Crippen molar-refractivity contribution >= 4 is 17.6 Å². The van der Waals surface area contributed by atoms with Crippen molar-refractivity contribution in [3.63, 3.8) is 0 Å². The number of hydrogen-bond donors (Lipinski definition) is 2. The standard InChI is InChI=1S/C18H19ClN6O/c1-20-18(23-12-13-5-7-14(19)8-6-13)22-11-9-16-24-17(26-25-16)15-4-2-3-10-21-15/h2-8,10H,9,11-12H2,1H3,(H2,20,22,23). The molecule has 8 heteroatoms. The fourth-order valence-corrected chi connectivity index (χ4v) is 2.38. The van der Waals surface area contributed by atoms with Gasteiger partial charge in [-0.25, -0.2) is 0 Å². The lowest BCUT2D eigenvalue weighted by Gasteiger charge is -2.11. The van der Waals surface area contributed by atoms with Crippen LogP contribution in [0.2, 0.25) is 5.02 Å². The van der Waals surface area contributed by atoms with Gasteiger partial charge in [0.2, 0.25) is 0 Å². The molecular formula is C18H19ClN6O. The highest BCUT2D eigenvalue weighted by Gasteiger charge is 2.09. The van der Waals surface area contributed by atoms with Crippen LogP contribution >= 0.6 is 11.6 Å². The lowest BCUT2D eigenvalue weighted by Crippen LogP contribution is -2.37. The van der Waals surface area contributed by atoms with Crippen LogP contribution in [-0.2, 0) is 13.0 Å². The number of nitrogens with zero attached hydrogens (tertiary/aromatic N) is 4. The van der Waals surface area contributed by atoms with Crippen molar-refractivity contribution in [2.24, 2.45) is 4.99 Å². The Morgan fingerprint density at radius 1 is 1.15 bits per heavy atom. The summed E-state index contributed by atoms with van der Waals surface area (Å²) < 4.78 is 5.24. The number of aromatic nitrogens is 3. The molecule has 0 amide bonds. The van der Waals surface area contributed by atoms with Crippen LogP contribution < -0.4 is 10.6 Å². The molecule has 2 aromatic heterocycles. The first-order valence-corrected chi connectivity index (χ1v) is 8.55. The molecule has 0 saturated carbocycles. The fraction of sp³-hybridized carbons (Fsp3) is 0.222. The number of rotatable bonds is 6. The van der Waals surface area contributed by atoms with Gasteiger partial charge in [0, 0.05) is 37.8 Å². The summed E-state index contributed by atoms with van der Waals surface area (Å²) in [7, 11) is 1.73. The average Bonchev–Trinajstić information content (AvgIpc) is 3.15. The molecule has 0 bridgehead atoms. The van der Waals surface area contributed by atoms with Crippen molar-refractivity contribution in [2.45, 2.75) is 13.0 Å². The van der Waals surface area contributed by atoms with Crippen molar-refractivity contribution < 1.29 is 4.52 Å². The smallest absolute Gasteiger partial charge is 0.276 e. The summed E-state index contributed by atoms with van der Waals surface area (Å²) in [6, 6.07) is 13.2. The maximum atomic E-state index is 5.89. The van der Waals surface area contributed by atoms with Gasteiger partial charge >= 0.3 is 0 Å². The molecule has 0 saturated heterocycles. The largest absolute Gasteiger partial charge is 0.356 e. The summed E-state index contributed by atoms with van der Waals surface area (Å²) in [6.45, 7) is 1.28. The van der Waals surface area contributed by atoms with Gasteiger partial charge in [-0.3, -0.25) is 9.98 Å². The first kappa shape index (κ1) is 17.9. The number of nitrogens with one attached hydrogen (secondary N) is 2. The maximum Gasteiger partial charge on any atom is 0.276 e. The quantitative estimate of drug-likeness (QED) is 0.512. The molecule has 0 atom stereocenters. The molecule has 2 heterocycles. The van der Waals surface area contributed by atoms with Crippen molar-refractivity contribution in [1.29, 1.82) is 0 Å². The van der Waals surface area contributed by atoms with Gasteiger partial charge in [0.25, 0.3) is 5.89 Å². The molecule has 0 aliphatic carbocycles. The molecule has 2 N–H and O–H groups in total. The van der Waals surface area contributed by atoms with Gasteiger partial charge in [-0.05, 0) is 29.8 Å². The Balaban J connectivity index is 1.46. The van der Waals surface area contributed by atoms with Gasteiger partial charge in [-0.1, -0.05) is 35.0 Å². The number of guanidine groups is 1. The van der Waals surface area contributed by atoms with E-state index in [4.69, 9.17) is 16.1 Å². The number of hydrogen-bond acceptors (Lipinski definition) is 5. The molecule has 3 rings (SSSR count). The lowest BCUT2D eigenvalue weighted by molar-refractivity contribution is 0.421. The summed E-state index contributed by atoms with van der Waals surface area (Å²) in [5, 5.41) is 11.2. The normalized spacial score (nSPS) is 11.4. The minimum absolute atomic E-state index is 0.422. The van der Waals surface area contributed by atoms with Crippen LogP contribution in [0.5, 0.6) is 0 Å². The Hall–Kier alpha value is -2.93. The summed E-state index contributed by atoms with van der Waals surface area (Å²) in [4.78, 5) is 12.7. The third-order valence-electron chi connectivity index (χ3n) is 3.59. The molecule has 26 heavy (non-hydrogen) atoms. The van der Waals surface area contributed by atoms with Crippen LogP contribution in [-0.4, -0.2) is 34.7 Å². The molecular weight excluding hydrogens is 352 g/mol. The zero-order chi connectivity index (χ0) is 18.2. The highest BCUT2D eigenvalue weighted by Crippen LogP contribution is 2.13. The Kier molecular flexibility index (Phi) is 6.16. The number of halogens is 1. The Labute approximate surface area is 156 Å². The molecule has 0 aliphatic heterocycles. The fourth-order valence-electron chi connectivity index (χ4n) is 2.25. The Morgan fingerprint density at radius 2 is 2.00 bits per heavy atom. The van der Waals surface area contributed by atoms with Crippen LogP contribution in [0.25, 0.3) is 11.6 Å². The second kappa shape index (κ2) is 8.96. The molecule has 0 fully saturated rings. The molecule has 1 aromatic carbocycles. The van der Waals surface area contributed by atoms with E-state index in [9.17, 15) is 0 Å². The van der Waals surface area contributed by atoms with E-state index in [0.717, 1.165) is 10.6 Å². The van der Waals surface area contributed by atoms with Crippen LogP contribution in [0.3, 0.4) is 0 Å². The maximum absolute atomic E-state index is 5.89. The van der Waals surface area contributed by atoms with Gasteiger partial charge in [0.15, 0.2) is 11.8 Å². The van der Waals surface area contributed by atoms with Gasteiger partial charge < -0.3 is 15.2 Å². The topological polar surface area (TPSA) is 88.2 Å². The second-order valence-corrected chi connectivity index (χ2v) is 5.90. The second-order valence-electron chi connectivity index (χ2n) is 5.46. The number of pyridine rings is 1. The van der Waals surface area contributed by atoms with Gasteiger partial charge in [0.1, 0.15) is 5.69 Å². The van der Waals surface area contributed by atoms with E-state index in [1.54, 1.807) is 13.2 Å². The molecule has 0 unspecified atom stereocenters. The van der Waals surface area contributed by atoms with E-state index in [-0.39, 0.29) is 0 Å². The van der Waals surface area contributed by atoms with Crippen molar-refractivity contribution in [1.82, 2.24) is 25.8 Å². The lowest BCUT2D eigenvalue weighted by atomic mass is 10.2. The molecule has 0 spiro atoms. The predicted molar refractivity (Wildman–Crippen MR) is 101 cm³/mol. The number of aliphatic imine (C=N–C) groups is 1. The summed E-state index contributed by atoms with van der Waals surface area (Å²) in [5.74, 6) is 1.74. The van der Waals surface area contributed by atoms with Crippen LogP contribution in [0.15, 0.2) is 58.2 Å². The van der Waals surface area contributed by atoms with Gasteiger partial charge in [-0.15, -0.1) is 0 Å². The molecule has 3 aromatic rings. The summed E-state index contributed by atoms with van der Waals surface area (Å²) >= 11 is 5.89. The van der Waals surface area contributed by atoms with E-state index >= 15 is 0 Å². The monoisotopic (exact) mass is 370 g/mol.